The highest BCUT2D eigenvalue weighted by atomic mass is 127. The highest BCUT2D eigenvalue weighted by Crippen LogP contribution is 2.29. The van der Waals surface area contributed by atoms with Crippen molar-refractivity contribution in [2.45, 2.75) is 0 Å². The Labute approximate surface area is 180 Å². The first-order valence-electron chi connectivity index (χ1n) is 9.09. The number of halogens is 1. The van der Waals surface area contributed by atoms with Crippen molar-refractivity contribution in [3.63, 3.8) is 0 Å². The molecule has 29 heavy (non-hydrogen) atoms. The number of phenolic OH excluding ortho intramolecular Hbond substituents is 1. The molecule has 5 heteroatoms. The second-order valence-electron chi connectivity index (χ2n) is 6.66. The molecule has 0 aliphatic heterocycles. The van der Waals surface area contributed by atoms with E-state index in [1.807, 2.05) is 72.8 Å². The molecule has 0 radical (unpaired) electrons. The van der Waals surface area contributed by atoms with Crippen molar-refractivity contribution in [3.8, 4) is 17.2 Å². The molecule has 0 saturated heterocycles. The van der Waals surface area contributed by atoms with Gasteiger partial charge in [0.2, 0.25) is 5.89 Å². The fourth-order valence-corrected chi connectivity index (χ4v) is 3.63. The van der Waals surface area contributed by atoms with Gasteiger partial charge in [-0.05, 0) is 81.9 Å². The summed E-state index contributed by atoms with van der Waals surface area (Å²) in [6, 6.07) is 25.2. The van der Waals surface area contributed by atoms with E-state index in [0.29, 0.717) is 17.0 Å². The Morgan fingerprint density at radius 2 is 1.76 bits per heavy atom. The normalized spacial score (nSPS) is 11.6. The standard InChI is InChI=1S/C24H15IN2O2/c25-17-8-5-16(6-9-17)24-27-21-13-18(10-12-23(21)29-24)26-14-20-19-4-2-1-3-15(19)7-11-22(20)28/h1-14,28H. The van der Waals surface area contributed by atoms with Crippen molar-refractivity contribution in [1.82, 2.24) is 4.98 Å². The molecule has 5 rings (SSSR count). The molecule has 140 valence electrons. The summed E-state index contributed by atoms with van der Waals surface area (Å²) >= 11 is 2.27. The summed E-state index contributed by atoms with van der Waals surface area (Å²) < 4.78 is 7.05. The molecule has 0 spiro atoms. The van der Waals surface area contributed by atoms with Crippen molar-refractivity contribution < 1.29 is 9.52 Å². The largest absolute Gasteiger partial charge is 0.507 e. The number of aliphatic imine (C=N–C) groups is 1. The fourth-order valence-electron chi connectivity index (χ4n) is 3.27. The van der Waals surface area contributed by atoms with E-state index in [1.165, 1.54) is 0 Å². The van der Waals surface area contributed by atoms with Gasteiger partial charge in [0.1, 0.15) is 11.3 Å². The summed E-state index contributed by atoms with van der Waals surface area (Å²) in [5.41, 5.74) is 3.84. The topological polar surface area (TPSA) is 58.6 Å². The van der Waals surface area contributed by atoms with E-state index in [2.05, 4.69) is 32.6 Å². The lowest BCUT2D eigenvalue weighted by Crippen LogP contribution is -1.85. The number of phenols is 1. The number of aromatic hydroxyl groups is 1. The van der Waals surface area contributed by atoms with Crippen LogP contribution in [0.25, 0.3) is 33.3 Å². The van der Waals surface area contributed by atoms with Gasteiger partial charge in [0.25, 0.3) is 0 Å². The number of hydrogen-bond donors (Lipinski definition) is 1. The lowest BCUT2D eigenvalue weighted by Gasteiger charge is -2.04. The summed E-state index contributed by atoms with van der Waals surface area (Å²) in [6.07, 6.45) is 1.69. The van der Waals surface area contributed by atoms with Crippen LogP contribution in [0.1, 0.15) is 5.56 Å². The zero-order valence-corrected chi connectivity index (χ0v) is 17.4. The van der Waals surface area contributed by atoms with Crippen LogP contribution >= 0.6 is 22.6 Å². The van der Waals surface area contributed by atoms with E-state index in [9.17, 15) is 5.11 Å². The van der Waals surface area contributed by atoms with Gasteiger partial charge in [0.15, 0.2) is 5.58 Å². The van der Waals surface area contributed by atoms with Crippen LogP contribution in [-0.4, -0.2) is 16.3 Å². The van der Waals surface area contributed by atoms with Crippen LogP contribution in [-0.2, 0) is 0 Å². The van der Waals surface area contributed by atoms with Crippen molar-refractivity contribution >= 4 is 56.4 Å². The average molecular weight is 490 g/mol. The minimum absolute atomic E-state index is 0.205. The Bertz CT molecular complexity index is 1370. The summed E-state index contributed by atoms with van der Waals surface area (Å²) in [6.45, 7) is 0. The Morgan fingerprint density at radius 1 is 0.931 bits per heavy atom. The Hall–Kier alpha value is -3.19. The zero-order valence-electron chi connectivity index (χ0n) is 15.2. The van der Waals surface area contributed by atoms with Gasteiger partial charge in [-0.3, -0.25) is 4.99 Å². The van der Waals surface area contributed by atoms with Gasteiger partial charge in [-0.25, -0.2) is 4.98 Å². The van der Waals surface area contributed by atoms with Gasteiger partial charge in [0, 0.05) is 20.9 Å². The van der Waals surface area contributed by atoms with Crippen LogP contribution in [0.3, 0.4) is 0 Å². The number of hydrogen-bond acceptors (Lipinski definition) is 4. The third-order valence-electron chi connectivity index (χ3n) is 4.75. The molecule has 0 fully saturated rings. The first-order valence-corrected chi connectivity index (χ1v) is 10.2. The maximum atomic E-state index is 10.3. The number of rotatable bonds is 3. The van der Waals surface area contributed by atoms with E-state index in [1.54, 1.807) is 12.3 Å². The second kappa shape index (κ2) is 7.33. The van der Waals surface area contributed by atoms with Crippen LogP contribution in [0.5, 0.6) is 5.75 Å². The Morgan fingerprint density at radius 3 is 2.62 bits per heavy atom. The summed E-state index contributed by atoms with van der Waals surface area (Å²) in [5.74, 6) is 0.792. The number of fused-ring (bicyclic) bond motifs is 2. The van der Waals surface area contributed by atoms with Gasteiger partial charge in [-0.15, -0.1) is 0 Å². The van der Waals surface area contributed by atoms with Crippen molar-refractivity contribution in [3.05, 3.63) is 88.0 Å². The lowest BCUT2D eigenvalue weighted by atomic mass is 10.0. The van der Waals surface area contributed by atoms with Gasteiger partial charge in [-0.2, -0.15) is 0 Å². The minimum Gasteiger partial charge on any atom is -0.507 e. The smallest absolute Gasteiger partial charge is 0.227 e. The van der Waals surface area contributed by atoms with Gasteiger partial charge >= 0.3 is 0 Å². The third-order valence-corrected chi connectivity index (χ3v) is 5.47. The fraction of sp³-hybridized carbons (Fsp3) is 0. The predicted octanol–water partition coefficient (Wildman–Crippen LogP) is 6.71. The highest BCUT2D eigenvalue weighted by molar-refractivity contribution is 14.1. The summed E-state index contributed by atoms with van der Waals surface area (Å²) in [5, 5.41) is 12.3. The molecule has 0 saturated carbocycles. The van der Waals surface area contributed by atoms with Crippen LogP contribution in [0.2, 0.25) is 0 Å². The van der Waals surface area contributed by atoms with Gasteiger partial charge < -0.3 is 9.52 Å². The molecule has 0 amide bonds. The molecule has 1 aromatic heterocycles. The molecule has 0 unspecified atom stereocenters. The van der Waals surface area contributed by atoms with Gasteiger partial charge in [0.05, 0.1) is 5.69 Å². The van der Waals surface area contributed by atoms with Crippen LogP contribution in [0.4, 0.5) is 5.69 Å². The van der Waals surface area contributed by atoms with E-state index in [-0.39, 0.29) is 5.75 Å². The maximum Gasteiger partial charge on any atom is 0.227 e. The van der Waals surface area contributed by atoms with E-state index in [4.69, 9.17) is 4.42 Å². The van der Waals surface area contributed by atoms with Crippen LogP contribution < -0.4 is 0 Å². The molecule has 0 aliphatic rings. The van der Waals surface area contributed by atoms with E-state index in [0.717, 1.165) is 31.1 Å². The predicted molar refractivity (Wildman–Crippen MR) is 125 cm³/mol. The molecule has 1 N–H and O–H groups in total. The van der Waals surface area contributed by atoms with E-state index < -0.39 is 0 Å². The SMILES string of the molecule is Oc1ccc2ccccc2c1C=Nc1ccc2oc(-c3ccc(I)cc3)nc2c1. The van der Waals surface area contributed by atoms with E-state index >= 15 is 0 Å². The molecule has 0 aliphatic carbocycles. The Balaban J connectivity index is 1.51. The molecule has 1 heterocycles. The molecule has 0 atom stereocenters. The first kappa shape index (κ1) is 17.9. The van der Waals surface area contributed by atoms with Gasteiger partial charge in [-0.1, -0.05) is 30.3 Å². The van der Waals surface area contributed by atoms with Crippen molar-refractivity contribution in [1.29, 1.82) is 0 Å². The van der Waals surface area contributed by atoms with Crippen molar-refractivity contribution in [2.24, 2.45) is 4.99 Å². The first-order chi connectivity index (χ1) is 14.2. The molecular formula is C24H15IN2O2. The molecule has 0 bridgehead atoms. The minimum atomic E-state index is 0.205. The zero-order chi connectivity index (χ0) is 19.8. The molecular weight excluding hydrogens is 475 g/mol. The van der Waals surface area contributed by atoms with Crippen molar-refractivity contribution in [2.75, 3.05) is 0 Å². The number of nitrogens with zero attached hydrogens (tertiary/aromatic N) is 2. The summed E-state index contributed by atoms with van der Waals surface area (Å²) in [7, 11) is 0. The second-order valence-corrected chi connectivity index (χ2v) is 7.90. The van der Waals surface area contributed by atoms with Crippen LogP contribution in [0, 0.1) is 3.57 Å². The molecule has 4 nitrogen and oxygen atoms in total. The van der Waals surface area contributed by atoms with Crippen LogP contribution in [0.15, 0.2) is 88.3 Å². The Kier molecular flexibility index (Phi) is 4.52. The number of aromatic nitrogens is 1. The quantitative estimate of drug-likeness (QED) is 0.226. The number of oxazole rings is 1. The summed E-state index contributed by atoms with van der Waals surface area (Å²) in [4.78, 5) is 9.17. The molecule has 5 aromatic rings. The lowest BCUT2D eigenvalue weighted by molar-refractivity contribution is 0.475. The number of benzene rings is 4. The third kappa shape index (κ3) is 3.49. The highest BCUT2D eigenvalue weighted by Gasteiger charge is 2.09. The molecule has 4 aromatic carbocycles. The average Bonchev–Trinajstić information content (AvgIpc) is 3.17. The maximum absolute atomic E-state index is 10.3. The monoisotopic (exact) mass is 490 g/mol.